The van der Waals surface area contributed by atoms with Gasteiger partial charge in [0.1, 0.15) is 0 Å². The summed E-state index contributed by atoms with van der Waals surface area (Å²) < 4.78 is 0. The number of carboxylic acids is 1. The van der Waals surface area contributed by atoms with Crippen LogP contribution in [0.25, 0.3) is 22.4 Å². The SMILES string of the molecule is CC1(C)CCC(C)(C)c2cc3c(cc21)CCc1c(-c2ccc(C(=O)O)cc2)c[nH]c1-3. The van der Waals surface area contributed by atoms with E-state index >= 15 is 0 Å². The van der Waals surface area contributed by atoms with E-state index in [4.69, 9.17) is 0 Å². The molecule has 30 heavy (non-hydrogen) atoms. The standard InChI is InChI=1S/C27H29NO2/c1-26(2)11-12-27(3,4)23-14-20-18(13-22(23)26)9-10-19-21(15-28-24(19)20)16-5-7-17(8-6-16)25(29)30/h5-8,13-15,28H,9-12H2,1-4H3,(H,29,30). The molecule has 0 spiro atoms. The monoisotopic (exact) mass is 399 g/mol. The van der Waals surface area contributed by atoms with Gasteiger partial charge in [0.25, 0.3) is 0 Å². The molecule has 0 radical (unpaired) electrons. The van der Waals surface area contributed by atoms with Gasteiger partial charge in [-0.1, -0.05) is 45.9 Å². The molecule has 2 aliphatic rings. The van der Waals surface area contributed by atoms with Gasteiger partial charge in [-0.05, 0) is 82.5 Å². The second kappa shape index (κ2) is 6.34. The van der Waals surface area contributed by atoms with Crippen molar-refractivity contribution in [2.24, 2.45) is 0 Å². The highest BCUT2D eigenvalue weighted by atomic mass is 16.4. The van der Waals surface area contributed by atoms with E-state index < -0.39 is 5.97 Å². The Labute approximate surface area is 178 Å². The molecule has 0 amide bonds. The Kier molecular flexibility index (Phi) is 4.05. The molecule has 0 unspecified atom stereocenters. The largest absolute Gasteiger partial charge is 0.478 e. The summed E-state index contributed by atoms with van der Waals surface area (Å²) in [4.78, 5) is 14.7. The number of carboxylic acid groups (broad SMARTS) is 1. The minimum Gasteiger partial charge on any atom is -0.478 e. The third-order valence-corrected chi connectivity index (χ3v) is 7.42. The molecule has 154 valence electrons. The Morgan fingerprint density at radius 2 is 1.53 bits per heavy atom. The number of aromatic amines is 1. The van der Waals surface area contributed by atoms with Crippen LogP contribution in [0.3, 0.4) is 0 Å². The second-order valence-corrected chi connectivity index (χ2v) is 10.3. The number of rotatable bonds is 2. The van der Waals surface area contributed by atoms with Crippen molar-refractivity contribution in [1.29, 1.82) is 0 Å². The molecule has 1 aromatic heterocycles. The highest BCUT2D eigenvalue weighted by Gasteiger charge is 2.38. The summed E-state index contributed by atoms with van der Waals surface area (Å²) >= 11 is 0. The zero-order chi connectivity index (χ0) is 21.3. The Morgan fingerprint density at radius 3 is 2.17 bits per heavy atom. The predicted molar refractivity (Wildman–Crippen MR) is 121 cm³/mol. The van der Waals surface area contributed by atoms with Gasteiger partial charge < -0.3 is 10.1 Å². The van der Waals surface area contributed by atoms with Gasteiger partial charge in [0.15, 0.2) is 0 Å². The molecule has 0 aliphatic heterocycles. The van der Waals surface area contributed by atoms with E-state index in [0.717, 1.165) is 18.4 Å². The molecule has 2 aromatic carbocycles. The number of benzene rings is 2. The van der Waals surface area contributed by atoms with E-state index in [-0.39, 0.29) is 10.8 Å². The van der Waals surface area contributed by atoms with Crippen LogP contribution in [0.2, 0.25) is 0 Å². The summed E-state index contributed by atoms with van der Waals surface area (Å²) in [7, 11) is 0. The van der Waals surface area contributed by atoms with E-state index in [1.807, 2.05) is 12.1 Å². The number of carbonyl (C=O) groups is 1. The highest BCUT2D eigenvalue weighted by Crippen LogP contribution is 2.49. The van der Waals surface area contributed by atoms with E-state index in [1.165, 1.54) is 51.9 Å². The molecule has 2 aliphatic carbocycles. The molecule has 0 saturated heterocycles. The van der Waals surface area contributed by atoms with Crippen LogP contribution in [-0.4, -0.2) is 16.1 Å². The molecular weight excluding hydrogens is 370 g/mol. The summed E-state index contributed by atoms with van der Waals surface area (Å²) in [6.45, 7) is 9.52. The van der Waals surface area contributed by atoms with Crippen LogP contribution in [0, 0.1) is 0 Å². The molecule has 0 fully saturated rings. The van der Waals surface area contributed by atoms with Gasteiger partial charge in [-0.3, -0.25) is 0 Å². The Balaban J connectivity index is 1.63. The first-order chi connectivity index (χ1) is 14.2. The maximum atomic E-state index is 11.2. The molecule has 3 aromatic rings. The first-order valence-electron chi connectivity index (χ1n) is 10.9. The third-order valence-electron chi connectivity index (χ3n) is 7.42. The first-order valence-corrected chi connectivity index (χ1v) is 10.9. The van der Waals surface area contributed by atoms with Gasteiger partial charge in [0, 0.05) is 23.0 Å². The van der Waals surface area contributed by atoms with Gasteiger partial charge in [0.05, 0.1) is 5.56 Å². The summed E-state index contributed by atoms with van der Waals surface area (Å²) in [5, 5.41) is 9.18. The molecule has 0 atom stereocenters. The van der Waals surface area contributed by atoms with Crippen molar-refractivity contribution in [3.05, 3.63) is 70.4 Å². The van der Waals surface area contributed by atoms with Gasteiger partial charge in [-0.15, -0.1) is 0 Å². The fourth-order valence-corrected chi connectivity index (χ4v) is 5.36. The van der Waals surface area contributed by atoms with Crippen LogP contribution in [0.1, 0.15) is 73.1 Å². The van der Waals surface area contributed by atoms with Crippen molar-refractivity contribution in [2.45, 2.75) is 64.2 Å². The van der Waals surface area contributed by atoms with E-state index in [0.29, 0.717) is 5.56 Å². The van der Waals surface area contributed by atoms with Crippen molar-refractivity contribution >= 4 is 5.97 Å². The Bertz CT molecular complexity index is 1160. The number of aromatic nitrogens is 1. The van der Waals surface area contributed by atoms with Crippen molar-refractivity contribution in [1.82, 2.24) is 4.98 Å². The summed E-state index contributed by atoms with van der Waals surface area (Å²) in [5.74, 6) is -0.887. The van der Waals surface area contributed by atoms with Crippen molar-refractivity contribution in [3.8, 4) is 22.4 Å². The van der Waals surface area contributed by atoms with Crippen molar-refractivity contribution in [3.63, 3.8) is 0 Å². The predicted octanol–water partition coefficient (Wildman–Crippen LogP) is 6.49. The van der Waals surface area contributed by atoms with Crippen LogP contribution < -0.4 is 0 Å². The number of hydrogen-bond acceptors (Lipinski definition) is 1. The van der Waals surface area contributed by atoms with Crippen LogP contribution >= 0.6 is 0 Å². The molecule has 5 rings (SSSR count). The maximum Gasteiger partial charge on any atom is 0.335 e. The van der Waals surface area contributed by atoms with Crippen molar-refractivity contribution < 1.29 is 9.90 Å². The normalized spacial score (nSPS) is 18.3. The van der Waals surface area contributed by atoms with E-state index in [9.17, 15) is 9.90 Å². The first kappa shape index (κ1) is 19.2. The van der Waals surface area contributed by atoms with Crippen molar-refractivity contribution in [2.75, 3.05) is 0 Å². The third kappa shape index (κ3) is 2.83. The lowest BCUT2D eigenvalue weighted by atomic mass is 9.62. The lowest BCUT2D eigenvalue weighted by Crippen LogP contribution is -2.34. The quantitative estimate of drug-likeness (QED) is 0.517. The minimum atomic E-state index is -0.887. The lowest BCUT2D eigenvalue weighted by molar-refractivity contribution is 0.0697. The number of nitrogens with one attached hydrogen (secondary N) is 1. The lowest BCUT2D eigenvalue weighted by Gasteiger charge is -2.42. The zero-order valence-corrected chi connectivity index (χ0v) is 18.2. The number of fused-ring (bicyclic) bond motifs is 4. The number of aromatic carboxylic acids is 1. The summed E-state index contributed by atoms with van der Waals surface area (Å²) in [6, 6.07) is 12.2. The van der Waals surface area contributed by atoms with E-state index in [1.54, 1.807) is 12.1 Å². The van der Waals surface area contributed by atoms with Crippen LogP contribution in [0.15, 0.2) is 42.6 Å². The molecule has 0 bridgehead atoms. The van der Waals surface area contributed by atoms with Gasteiger partial charge in [-0.2, -0.15) is 0 Å². The average molecular weight is 400 g/mol. The smallest absolute Gasteiger partial charge is 0.335 e. The van der Waals surface area contributed by atoms with Crippen LogP contribution in [-0.2, 0) is 23.7 Å². The molecule has 3 heteroatoms. The van der Waals surface area contributed by atoms with Gasteiger partial charge >= 0.3 is 5.97 Å². The van der Waals surface area contributed by atoms with Crippen LogP contribution in [0.4, 0.5) is 0 Å². The molecule has 3 nitrogen and oxygen atoms in total. The number of aryl methyl sites for hydroxylation is 1. The number of H-pyrrole nitrogens is 1. The highest BCUT2D eigenvalue weighted by molar-refractivity contribution is 5.89. The molecule has 0 saturated carbocycles. The summed E-state index contributed by atoms with van der Waals surface area (Å²) in [5.41, 5.74) is 11.4. The topological polar surface area (TPSA) is 53.1 Å². The molecular formula is C27H29NO2. The molecule has 2 N–H and O–H groups in total. The second-order valence-electron chi connectivity index (χ2n) is 10.3. The fourth-order valence-electron chi connectivity index (χ4n) is 5.36. The number of hydrogen-bond donors (Lipinski definition) is 2. The minimum absolute atomic E-state index is 0.194. The fraction of sp³-hybridized carbons (Fsp3) is 0.370. The summed E-state index contributed by atoms with van der Waals surface area (Å²) in [6.07, 6.45) is 6.58. The van der Waals surface area contributed by atoms with Gasteiger partial charge in [0.2, 0.25) is 0 Å². The molecule has 1 heterocycles. The zero-order valence-electron chi connectivity index (χ0n) is 18.2. The van der Waals surface area contributed by atoms with E-state index in [2.05, 4.69) is 51.0 Å². The maximum absolute atomic E-state index is 11.2. The Morgan fingerprint density at radius 1 is 0.900 bits per heavy atom. The van der Waals surface area contributed by atoms with Crippen LogP contribution in [0.5, 0.6) is 0 Å². The van der Waals surface area contributed by atoms with Gasteiger partial charge in [-0.25, -0.2) is 4.79 Å². The Hall–Kier alpha value is -2.81. The average Bonchev–Trinajstić information content (AvgIpc) is 3.15.